The molecule has 2 rings (SSSR count). The monoisotopic (exact) mass is 359 g/mol. The summed E-state index contributed by atoms with van der Waals surface area (Å²) in [5.74, 6) is -1.08. The number of pyridine rings is 1. The smallest absolute Gasteiger partial charge is 0.352 e. The minimum absolute atomic E-state index is 0.156. The summed E-state index contributed by atoms with van der Waals surface area (Å²) < 4.78 is 27.2. The summed E-state index contributed by atoms with van der Waals surface area (Å²) in [6.07, 6.45) is 2.59. The number of aromatic carboxylic acids is 1. The molecule has 106 valence electrons. The zero-order valence-electron chi connectivity index (χ0n) is 10.2. The van der Waals surface area contributed by atoms with E-state index in [0.717, 1.165) is 22.3 Å². The van der Waals surface area contributed by atoms with E-state index < -0.39 is 16.0 Å². The van der Waals surface area contributed by atoms with Gasteiger partial charge in [-0.1, -0.05) is 0 Å². The van der Waals surface area contributed by atoms with Crippen molar-refractivity contribution in [3.8, 4) is 0 Å². The van der Waals surface area contributed by atoms with E-state index in [1.807, 2.05) is 0 Å². The summed E-state index contributed by atoms with van der Waals surface area (Å²) in [4.78, 5) is 16.8. The number of carbonyl (C=O) groups is 1. The summed E-state index contributed by atoms with van der Waals surface area (Å²) in [5.41, 5.74) is 0.614. The van der Waals surface area contributed by atoms with Crippen LogP contribution < -0.4 is 4.72 Å². The van der Waals surface area contributed by atoms with Crippen molar-refractivity contribution < 1.29 is 18.3 Å². The van der Waals surface area contributed by atoms with E-state index >= 15 is 0 Å². The Morgan fingerprint density at radius 1 is 1.45 bits per heavy atom. The molecule has 2 heterocycles. The highest BCUT2D eigenvalue weighted by atomic mass is 79.9. The van der Waals surface area contributed by atoms with Crippen molar-refractivity contribution >= 4 is 37.7 Å². The topological polar surface area (TPSA) is 112 Å². The first-order valence-electron chi connectivity index (χ1n) is 5.36. The molecule has 0 unspecified atom stereocenters. The number of H-pyrrole nitrogens is 1. The second-order valence-electron chi connectivity index (χ2n) is 3.98. The Hall–Kier alpha value is -1.87. The molecule has 0 aliphatic rings. The lowest BCUT2D eigenvalue weighted by molar-refractivity contribution is 0.0691. The second kappa shape index (κ2) is 5.25. The van der Waals surface area contributed by atoms with E-state index in [9.17, 15) is 13.2 Å². The number of carboxylic acids is 1. The van der Waals surface area contributed by atoms with Crippen LogP contribution in [0, 0.1) is 6.92 Å². The summed E-state index contributed by atoms with van der Waals surface area (Å²) in [7, 11) is -3.88. The first-order valence-corrected chi connectivity index (χ1v) is 7.64. The molecule has 0 saturated carbocycles. The van der Waals surface area contributed by atoms with Crippen molar-refractivity contribution in [3.05, 3.63) is 40.3 Å². The molecule has 0 radical (unpaired) electrons. The fourth-order valence-corrected chi connectivity index (χ4v) is 2.65. The highest BCUT2D eigenvalue weighted by Gasteiger charge is 2.19. The number of aromatic amines is 1. The Kier molecular flexibility index (Phi) is 3.82. The van der Waals surface area contributed by atoms with Gasteiger partial charge in [-0.25, -0.2) is 18.2 Å². The van der Waals surface area contributed by atoms with Gasteiger partial charge < -0.3 is 10.1 Å². The van der Waals surface area contributed by atoms with Gasteiger partial charge in [-0.3, -0.25) is 4.72 Å². The number of rotatable bonds is 4. The molecular weight excluding hydrogens is 350 g/mol. The van der Waals surface area contributed by atoms with Crippen LogP contribution >= 0.6 is 15.9 Å². The maximum absolute atomic E-state index is 12.1. The molecule has 0 aromatic carbocycles. The Morgan fingerprint density at radius 3 is 2.70 bits per heavy atom. The van der Waals surface area contributed by atoms with Gasteiger partial charge in [-0.15, -0.1) is 0 Å². The number of sulfonamides is 1. The van der Waals surface area contributed by atoms with Gasteiger partial charge in [0.05, 0.1) is 0 Å². The molecule has 7 nitrogen and oxygen atoms in total. The van der Waals surface area contributed by atoms with Crippen molar-refractivity contribution in [2.75, 3.05) is 4.72 Å². The van der Waals surface area contributed by atoms with Crippen LogP contribution in [0.15, 0.2) is 33.9 Å². The number of halogens is 1. The number of aromatic nitrogens is 2. The zero-order valence-corrected chi connectivity index (χ0v) is 12.6. The van der Waals surface area contributed by atoms with Gasteiger partial charge in [0, 0.05) is 16.9 Å². The quantitative estimate of drug-likeness (QED) is 0.772. The third kappa shape index (κ3) is 2.99. The normalized spacial score (nSPS) is 11.3. The largest absolute Gasteiger partial charge is 0.477 e. The molecule has 0 aliphatic carbocycles. The Balaban J connectivity index is 2.30. The average molecular weight is 360 g/mol. The van der Waals surface area contributed by atoms with Gasteiger partial charge in [0.25, 0.3) is 10.0 Å². The summed E-state index contributed by atoms with van der Waals surface area (Å²) in [5, 5.41) is 8.76. The van der Waals surface area contributed by atoms with Crippen LogP contribution in [0.5, 0.6) is 0 Å². The van der Waals surface area contributed by atoms with E-state index in [-0.39, 0.29) is 16.4 Å². The Labute approximate surface area is 123 Å². The third-order valence-electron chi connectivity index (χ3n) is 2.48. The minimum Gasteiger partial charge on any atom is -0.477 e. The van der Waals surface area contributed by atoms with Crippen molar-refractivity contribution in [3.63, 3.8) is 0 Å². The number of carboxylic acid groups (broad SMARTS) is 1. The first kappa shape index (κ1) is 14.5. The highest BCUT2D eigenvalue weighted by molar-refractivity contribution is 9.10. The van der Waals surface area contributed by atoms with E-state index in [2.05, 4.69) is 30.6 Å². The average Bonchev–Trinajstić information content (AvgIpc) is 2.84. The van der Waals surface area contributed by atoms with E-state index in [4.69, 9.17) is 5.11 Å². The van der Waals surface area contributed by atoms with Crippen LogP contribution in [0.3, 0.4) is 0 Å². The van der Waals surface area contributed by atoms with Crippen molar-refractivity contribution in [2.24, 2.45) is 0 Å². The van der Waals surface area contributed by atoms with Crippen LogP contribution in [0.1, 0.15) is 16.1 Å². The van der Waals surface area contributed by atoms with E-state index in [0.29, 0.717) is 0 Å². The molecule has 2 aromatic heterocycles. The van der Waals surface area contributed by atoms with Crippen molar-refractivity contribution in [2.45, 2.75) is 11.8 Å². The van der Waals surface area contributed by atoms with Crippen molar-refractivity contribution in [1.82, 2.24) is 9.97 Å². The van der Waals surface area contributed by atoms with Gasteiger partial charge in [-0.2, -0.15) is 0 Å². The molecule has 0 amide bonds. The van der Waals surface area contributed by atoms with Crippen LogP contribution in [0.25, 0.3) is 0 Å². The fraction of sp³-hybridized carbons (Fsp3) is 0.0909. The van der Waals surface area contributed by atoms with E-state index in [1.54, 1.807) is 13.0 Å². The van der Waals surface area contributed by atoms with Gasteiger partial charge in [0.1, 0.15) is 16.4 Å². The summed E-state index contributed by atoms with van der Waals surface area (Å²) in [6, 6.07) is 2.60. The number of hydrogen-bond acceptors (Lipinski definition) is 4. The first-order chi connectivity index (χ1) is 9.29. The summed E-state index contributed by atoms with van der Waals surface area (Å²) in [6.45, 7) is 1.79. The van der Waals surface area contributed by atoms with Crippen LogP contribution in [-0.2, 0) is 10.0 Å². The SMILES string of the molecule is Cc1cc(NS(=O)(=O)c2c[nH]c(C(=O)O)c2)ncc1Br. The molecule has 0 bridgehead atoms. The van der Waals surface area contributed by atoms with Crippen LogP contribution in [-0.4, -0.2) is 29.5 Å². The molecular formula is C11H10BrN3O4S. The lowest BCUT2D eigenvalue weighted by atomic mass is 10.3. The van der Waals surface area contributed by atoms with Gasteiger partial charge in [0.2, 0.25) is 0 Å². The molecule has 9 heteroatoms. The maximum Gasteiger partial charge on any atom is 0.352 e. The van der Waals surface area contributed by atoms with Crippen LogP contribution in [0.4, 0.5) is 5.82 Å². The lowest BCUT2D eigenvalue weighted by Crippen LogP contribution is -2.13. The van der Waals surface area contributed by atoms with Gasteiger partial charge in [-0.05, 0) is 40.5 Å². The Bertz CT molecular complexity index is 770. The zero-order chi connectivity index (χ0) is 14.9. The second-order valence-corrected chi connectivity index (χ2v) is 6.52. The fourth-order valence-electron chi connectivity index (χ4n) is 1.44. The predicted octanol–water partition coefficient (Wildman–Crippen LogP) is 1.98. The van der Waals surface area contributed by atoms with Gasteiger partial charge in [0.15, 0.2) is 0 Å². The number of anilines is 1. The summed E-state index contributed by atoms with van der Waals surface area (Å²) >= 11 is 3.26. The molecule has 0 spiro atoms. The standard InChI is InChI=1S/C11H10BrN3O4S/c1-6-2-10(14-5-8(6)12)15-20(18,19)7-3-9(11(16)17)13-4-7/h2-5,13H,1H3,(H,14,15)(H,16,17). The molecule has 0 saturated heterocycles. The number of aryl methyl sites for hydroxylation is 1. The molecule has 0 atom stereocenters. The number of nitrogens with one attached hydrogen (secondary N) is 2. The number of hydrogen-bond donors (Lipinski definition) is 3. The lowest BCUT2D eigenvalue weighted by Gasteiger charge is -2.06. The predicted molar refractivity (Wildman–Crippen MR) is 75.2 cm³/mol. The van der Waals surface area contributed by atoms with Crippen molar-refractivity contribution in [1.29, 1.82) is 0 Å². The van der Waals surface area contributed by atoms with Gasteiger partial charge >= 0.3 is 5.97 Å². The van der Waals surface area contributed by atoms with Crippen LogP contribution in [0.2, 0.25) is 0 Å². The molecule has 2 aromatic rings. The minimum atomic E-state index is -3.88. The molecule has 0 aliphatic heterocycles. The Morgan fingerprint density at radius 2 is 2.15 bits per heavy atom. The third-order valence-corrected chi connectivity index (χ3v) is 4.65. The molecule has 20 heavy (non-hydrogen) atoms. The molecule has 3 N–H and O–H groups in total. The maximum atomic E-state index is 12.1. The number of nitrogens with zero attached hydrogens (tertiary/aromatic N) is 1. The van der Waals surface area contributed by atoms with E-state index in [1.165, 1.54) is 6.20 Å². The highest BCUT2D eigenvalue weighted by Crippen LogP contribution is 2.20. The molecule has 0 fully saturated rings.